The molecule has 0 aromatic heterocycles. The molecule has 4 heterocycles. The third kappa shape index (κ3) is 8.08. The fourth-order valence-electron chi connectivity index (χ4n) is 5.95. The summed E-state index contributed by atoms with van der Waals surface area (Å²) in [6, 6.07) is -1.49. The number of ether oxygens (including phenoxy) is 7. The number of aliphatic hydroxyl groups excluding tert-OH is 13. The van der Waals surface area contributed by atoms with Gasteiger partial charge in [-0.15, -0.1) is 0 Å². The lowest BCUT2D eigenvalue weighted by Gasteiger charge is -2.49. The minimum atomic E-state index is -2.03. The molecule has 22 heteroatoms. The molecule has 0 aliphatic carbocycles. The SMILES string of the molecule is CC(=O)N[C@H]1C(O[C@H]2[C@@H](O)[C@@H](CO)OC(O[C@@H]3[C@H](O)[C@@H](O)[C@@H](O[C@@H]4[C@H](O)[C@@H](O)[C@H](O)O[C@@H]4CO)O[C@@H]3CO)[C@@H]2O)O[C@H](CO)[C@H](O)[C@@H]1O. The summed E-state index contributed by atoms with van der Waals surface area (Å²) in [6.45, 7) is -2.35. The van der Waals surface area contributed by atoms with E-state index in [4.69, 9.17) is 33.2 Å². The topological polar surface area (TPSA) is 357 Å². The Labute approximate surface area is 272 Å². The van der Waals surface area contributed by atoms with Crippen LogP contribution in [0.25, 0.3) is 0 Å². The Bertz CT molecular complexity index is 1030. The lowest BCUT2D eigenvalue weighted by molar-refractivity contribution is -0.385. The predicted molar refractivity (Wildman–Crippen MR) is 145 cm³/mol. The van der Waals surface area contributed by atoms with E-state index in [1.807, 2.05) is 0 Å². The molecule has 4 saturated heterocycles. The van der Waals surface area contributed by atoms with Crippen molar-refractivity contribution in [2.75, 3.05) is 26.4 Å². The van der Waals surface area contributed by atoms with Crippen molar-refractivity contribution in [3.8, 4) is 0 Å². The molecular weight excluding hydrogens is 662 g/mol. The highest BCUT2D eigenvalue weighted by molar-refractivity contribution is 5.73. The van der Waals surface area contributed by atoms with Gasteiger partial charge in [-0.25, -0.2) is 0 Å². The number of rotatable bonds is 11. The van der Waals surface area contributed by atoms with E-state index in [9.17, 15) is 71.2 Å². The van der Waals surface area contributed by atoms with Gasteiger partial charge < -0.3 is 105 Å². The lowest BCUT2D eigenvalue weighted by atomic mass is 9.95. The Balaban J connectivity index is 1.51. The van der Waals surface area contributed by atoms with Gasteiger partial charge in [0.25, 0.3) is 0 Å². The molecule has 22 nitrogen and oxygen atoms in total. The largest absolute Gasteiger partial charge is 0.394 e. The van der Waals surface area contributed by atoms with E-state index in [-0.39, 0.29) is 0 Å². The smallest absolute Gasteiger partial charge is 0.217 e. The van der Waals surface area contributed by atoms with E-state index < -0.39 is 155 Å². The second kappa shape index (κ2) is 16.8. The summed E-state index contributed by atoms with van der Waals surface area (Å²) in [4.78, 5) is 11.8. The highest BCUT2D eigenvalue weighted by Crippen LogP contribution is 2.34. The molecule has 4 aliphatic heterocycles. The zero-order valence-corrected chi connectivity index (χ0v) is 25.5. The second-order valence-electron chi connectivity index (χ2n) is 11.9. The van der Waals surface area contributed by atoms with Gasteiger partial charge in [0.05, 0.1) is 26.4 Å². The van der Waals surface area contributed by atoms with E-state index in [1.54, 1.807) is 0 Å². The summed E-state index contributed by atoms with van der Waals surface area (Å²) >= 11 is 0. The normalized spacial score (nSPS) is 50.2. The van der Waals surface area contributed by atoms with Crippen molar-refractivity contribution < 1.29 is 104 Å². The van der Waals surface area contributed by atoms with Crippen molar-refractivity contribution in [1.29, 1.82) is 0 Å². The lowest BCUT2D eigenvalue weighted by Crippen LogP contribution is -2.69. The number of hydrogen-bond donors (Lipinski definition) is 14. The Morgan fingerprint density at radius 2 is 0.938 bits per heavy atom. The third-order valence-electron chi connectivity index (χ3n) is 8.61. The van der Waals surface area contributed by atoms with Crippen LogP contribution < -0.4 is 5.32 Å². The number of carbonyl (C=O) groups excluding carboxylic acids is 1. The maximum Gasteiger partial charge on any atom is 0.217 e. The van der Waals surface area contributed by atoms with Crippen LogP contribution in [-0.2, 0) is 38.0 Å². The molecule has 0 radical (unpaired) electrons. The second-order valence-corrected chi connectivity index (χ2v) is 11.9. The molecule has 0 bridgehead atoms. The summed E-state index contributed by atoms with van der Waals surface area (Å²) in [7, 11) is 0. The molecule has 4 aliphatic rings. The Morgan fingerprint density at radius 1 is 0.500 bits per heavy atom. The molecule has 0 aromatic carbocycles. The van der Waals surface area contributed by atoms with Crippen LogP contribution in [0.15, 0.2) is 0 Å². The van der Waals surface area contributed by atoms with E-state index in [0.717, 1.165) is 6.92 Å². The zero-order chi connectivity index (χ0) is 35.6. The van der Waals surface area contributed by atoms with Crippen LogP contribution in [0, 0.1) is 0 Å². The molecule has 4 fully saturated rings. The van der Waals surface area contributed by atoms with Crippen molar-refractivity contribution in [3.63, 3.8) is 0 Å². The quantitative estimate of drug-likeness (QED) is 0.0947. The van der Waals surface area contributed by atoms with Gasteiger partial charge in [-0.05, 0) is 0 Å². The van der Waals surface area contributed by atoms with Gasteiger partial charge in [0.15, 0.2) is 25.2 Å². The number of amides is 1. The van der Waals surface area contributed by atoms with Crippen LogP contribution in [-0.4, -0.2) is 221 Å². The minimum absolute atomic E-state index is 0.693. The highest BCUT2D eigenvalue weighted by atomic mass is 16.8. The molecule has 280 valence electrons. The van der Waals surface area contributed by atoms with Crippen molar-refractivity contribution in [2.24, 2.45) is 0 Å². The van der Waals surface area contributed by atoms with Crippen LogP contribution in [0.4, 0.5) is 0 Å². The van der Waals surface area contributed by atoms with E-state index in [0.29, 0.717) is 0 Å². The molecule has 4 rings (SSSR count). The predicted octanol–water partition coefficient (Wildman–Crippen LogP) is -9.61. The molecular formula is C26H45NO21. The molecule has 0 spiro atoms. The van der Waals surface area contributed by atoms with Crippen LogP contribution in [0.5, 0.6) is 0 Å². The molecule has 48 heavy (non-hydrogen) atoms. The van der Waals surface area contributed by atoms with Gasteiger partial charge in [-0.2, -0.15) is 0 Å². The maximum absolute atomic E-state index is 11.8. The fourth-order valence-corrected chi connectivity index (χ4v) is 5.95. The summed E-state index contributed by atoms with van der Waals surface area (Å²) in [5.74, 6) is -0.693. The molecule has 2 unspecified atom stereocenters. The number of aliphatic hydroxyl groups is 13. The third-order valence-corrected chi connectivity index (χ3v) is 8.61. The first-order valence-electron chi connectivity index (χ1n) is 15.1. The monoisotopic (exact) mass is 707 g/mol. The summed E-state index contributed by atoms with van der Waals surface area (Å²) < 4.78 is 38.4. The fraction of sp³-hybridized carbons (Fsp3) is 0.962. The summed E-state index contributed by atoms with van der Waals surface area (Å²) in [6.07, 6.45) is -33.5. The van der Waals surface area contributed by atoms with Crippen LogP contribution in [0.2, 0.25) is 0 Å². The van der Waals surface area contributed by atoms with Gasteiger partial charge in [0.1, 0.15) is 97.6 Å². The van der Waals surface area contributed by atoms with Crippen molar-refractivity contribution in [3.05, 3.63) is 0 Å². The number of nitrogens with one attached hydrogen (secondary N) is 1. The van der Waals surface area contributed by atoms with Gasteiger partial charge >= 0.3 is 0 Å². The Morgan fingerprint density at radius 3 is 1.48 bits per heavy atom. The standard InChI is InChI=1S/C26H45NO21/c1-6(32)27-11-14(35)12(33)7(2-28)43-24(11)48-22-13(34)8(3-29)44-26(19(22)40)47-21-10(5-31)45-25(18(39)16(21)37)46-20-9(4-30)42-23(41)17(38)15(20)36/h7-26,28-31,33-41H,2-5H2,1H3,(H,27,32)/t7-,8-,9-,10-,11-,12+,13+,14-,15-,16-,17-,18-,19-,20+,21+,22+,23-,24?,25-,26?/m1/s1. The number of hydrogen-bond acceptors (Lipinski definition) is 21. The summed E-state index contributed by atoms with van der Waals surface area (Å²) in [5, 5.41) is 136. The van der Waals surface area contributed by atoms with Crippen molar-refractivity contribution in [2.45, 2.75) is 130 Å². The van der Waals surface area contributed by atoms with Gasteiger partial charge in [0.2, 0.25) is 5.91 Å². The van der Waals surface area contributed by atoms with E-state index in [2.05, 4.69) is 5.32 Å². The zero-order valence-electron chi connectivity index (χ0n) is 25.5. The van der Waals surface area contributed by atoms with Crippen LogP contribution in [0.1, 0.15) is 6.92 Å². The van der Waals surface area contributed by atoms with Gasteiger partial charge in [0, 0.05) is 6.92 Å². The van der Waals surface area contributed by atoms with Crippen molar-refractivity contribution in [1.82, 2.24) is 5.32 Å². The van der Waals surface area contributed by atoms with Gasteiger partial charge in [-0.1, -0.05) is 0 Å². The first-order chi connectivity index (χ1) is 22.7. The maximum atomic E-state index is 11.8. The molecule has 0 aromatic rings. The molecule has 20 atom stereocenters. The Hall–Kier alpha value is -1.33. The average molecular weight is 708 g/mol. The summed E-state index contributed by atoms with van der Waals surface area (Å²) in [5.41, 5.74) is 0. The van der Waals surface area contributed by atoms with E-state index in [1.165, 1.54) is 0 Å². The first-order valence-corrected chi connectivity index (χ1v) is 15.1. The molecule has 0 saturated carbocycles. The first kappa shape index (κ1) is 39.5. The highest BCUT2D eigenvalue weighted by Gasteiger charge is 2.55. The molecule has 14 N–H and O–H groups in total. The molecule has 1 amide bonds. The van der Waals surface area contributed by atoms with Gasteiger partial charge in [-0.3, -0.25) is 4.79 Å². The van der Waals surface area contributed by atoms with Crippen LogP contribution in [0.3, 0.4) is 0 Å². The Kier molecular flexibility index (Phi) is 13.8. The van der Waals surface area contributed by atoms with Crippen LogP contribution >= 0.6 is 0 Å². The average Bonchev–Trinajstić information content (AvgIpc) is 3.06. The van der Waals surface area contributed by atoms with E-state index >= 15 is 0 Å². The minimum Gasteiger partial charge on any atom is -0.394 e. The van der Waals surface area contributed by atoms with Crippen molar-refractivity contribution >= 4 is 5.91 Å². The number of carbonyl (C=O) groups is 1.